The molecular formula is C68H47N. The number of para-hydroxylation sites is 1. The number of fused-ring (bicyclic) bond motifs is 3. The Hall–Kier alpha value is -9.04. The molecule has 12 aromatic carbocycles. The number of hydrogen-bond donors (Lipinski definition) is 0. The summed E-state index contributed by atoms with van der Waals surface area (Å²) in [7, 11) is 0. The molecule has 0 N–H and O–H groups in total. The van der Waals surface area contributed by atoms with Crippen LogP contribution in [0.1, 0.15) is 0 Å². The number of benzene rings is 12. The van der Waals surface area contributed by atoms with Gasteiger partial charge in [0, 0.05) is 22.5 Å². The Bertz CT molecular complexity index is 3660. The van der Waals surface area contributed by atoms with Crippen molar-refractivity contribution in [3.8, 4) is 77.9 Å². The molecule has 0 saturated heterocycles. The zero-order chi connectivity index (χ0) is 45.9. The Labute approximate surface area is 404 Å². The van der Waals surface area contributed by atoms with Gasteiger partial charge in [0.2, 0.25) is 0 Å². The van der Waals surface area contributed by atoms with Gasteiger partial charge in [-0.25, -0.2) is 0 Å². The summed E-state index contributed by atoms with van der Waals surface area (Å²) in [6.07, 6.45) is 0. The van der Waals surface area contributed by atoms with E-state index in [9.17, 15) is 0 Å². The molecule has 0 bridgehead atoms. The predicted molar refractivity (Wildman–Crippen MR) is 294 cm³/mol. The van der Waals surface area contributed by atoms with Crippen molar-refractivity contribution >= 4 is 38.6 Å². The minimum atomic E-state index is 1.06. The lowest BCUT2D eigenvalue weighted by Gasteiger charge is -2.31. The first kappa shape index (κ1) is 41.4. The quantitative estimate of drug-likeness (QED) is 0.124. The van der Waals surface area contributed by atoms with Gasteiger partial charge in [0.15, 0.2) is 0 Å². The van der Waals surface area contributed by atoms with E-state index in [1.54, 1.807) is 0 Å². The van der Waals surface area contributed by atoms with Crippen molar-refractivity contribution in [2.45, 2.75) is 0 Å². The van der Waals surface area contributed by atoms with Crippen LogP contribution in [0.5, 0.6) is 0 Å². The molecule has 0 aliphatic rings. The van der Waals surface area contributed by atoms with Crippen LogP contribution in [-0.4, -0.2) is 0 Å². The molecule has 0 amide bonds. The van der Waals surface area contributed by atoms with Crippen LogP contribution < -0.4 is 4.90 Å². The molecule has 0 fully saturated rings. The normalized spacial score (nSPS) is 11.2. The number of nitrogens with zero attached hydrogens (tertiary/aromatic N) is 1. The van der Waals surface area contributed by atoms with E-state index in [0.717, 1.165) is 44.9 Å². The largest absolute Gasteiger partial charge is 0.309 e. The van der Waals surface area contributed by atoms with Crippen LogP contribution in [0.2, 0.25) is 0 Å². The van der Waals surface area contributed by atoms with E-state index >= 15 is 0 Å². The molecule has 0 aliphatic heterocycles. The lowest BCUT2D eigenvalue weighted by atomic mass is 9.84. The topological polar surface area (TPSA) is 3.24 Å². The highest BCUT2D eigenvalue weighted by Gasteiger charge is 2.25. The monoisotopic (exact) mass is 877 g/mol. The van der Waals surface area contributed by atoms with Crippen molar-refractivity contribution in [3.63, 3.8) is 0 Å². The van der Waals surface area contributed by atoms with Crippen molar-refractivity contribution < 1.29 is 0 Å². The smallest absolute Gasteiger partial charge is 0.0618 e. The fraction of sp³-hybridized carbons (Fsp3) is 0. The third-order valence-electron chi connectivity index (χ3n) is 13.5. The van der Waals surface area contributed by atoms with Gasteiger partial charge in [0.05, 0.1) is 5.69 Å². The fourth-order valence-corrected chi connectivity index (χ4v) is 10.3. The Morgan fingerprint density at radius 1 is 0.188 bits per heavy atom. The molecule has 0 saturated carbocycles. The third kappa shape index (κ3) is 7.86. The molecule has 12 aromatic rings. The fourth-order valence-electron chi connectivity index (χ4n) is 10.3. The van der Waals surface area contributed by atoms with E-state index in [-0.39, 0.29) is 0 Å². The molecule has 0 aromatic heterocycles. The lowest BCUT2D eigenvalue weighted by molar-refractivity contribution is 1.29. The van der Waals surface area contributed by atoms with Crippen molar-refractivity contribution in [2.24, 2.45) is 0 Å². The Kier molecular flexibility index (Phi) is 11.0. The molecule has 12 rings (SSSR count). The molecule has 0 spiro atoms. The molecule has 0 aliphatic carbocycles. The average molecular weight is 878 g/mol. The molecule has 1 heteroatoms. The van der Waals surface area contributed by atoms with E-state index in [1.165, 1.54) is 71.6 Å². The summed E-state index contributed by atoms with van der Waals surface area (Å²) in [5, 5.41) is 4.89. The molecule has 1 nitrogen and oxygen atoms in total. The van der Waals surface area contributed by atoms with E-state index in [0.29, 0.717) is 0 Å². The van der Waals surface area contributed by atoms with Gasteiger partial charge < -0.3 is 4.90 Å². The van der Waals surface area contributed by atoms with Crippen molar-refractivity contribution in [3.05, 3.63) is 285 Å². The van der Waals surface area contributed by atoms with Gasteiger partial charge in [-0.05, 0) is 119 Å². The van der Waals surface area contributed by atoms with Gasteiger partial charge in [0.1, 0.15) is 0 Å². The standard InChI is InChI=1S/C68H47N/c1-7-22-48(23-8-1)55-40-44-58(64(46-55)51-28-13-4-14-29-51)52-38-41-56(42-39-52)69(68-59(49-24-9-2-10-25-49)36-21-37-60(68)50-26-11-3-12-27-50)57-43-45-62-61-34-19-20-35-63(61)66(53-30-15-5-16-31-53)67(65(62)47-57)54-32-17-6-18-33-54/h1-47H. The molecule has 324 valence electrons. The molecular weight excluding hydrogens is 831 g/mol. The van der Waals surface area contributed by atoms with Gasteiger partial charge in [0.25, 0.3) is 0 Å². The van der Waals surface area contributed by atoms with Crippen LogP contribution in [0, 0.1) is 0 Å². The maximum atomic E-state index is 2.50. The van der Waals surface area contributed by atoms with Crippen molar-refractivity contribution in [1.29, 1.82) is 0 Å². The first-order valence-electron chi connectivity index (χ1n) is 23.8. The van der Waals surface area contributed by atoms with Crippen LogP contribution in [0.15, 0.2) is 285 Å². The number of rotatable bonds is 10. The zero-order valence-corrected chi connectivity index (χ0v) is 38.1. The molecule has 0 heterocycles. The second-order valence-electron chi connectivity index (χ2n) is 17.6. The van der Waals surface area contributed by atoms with Gasteiger partial charge in [-0.1, -0.05) is 255 Å². The average Bonchev–Trinajstić information content (AvgIpc) is 3.44. The Morgan fingerprint density at radius 2 is 0.580 bits per heavy atom. The second-order valence-corrected chi connectivity index (χ2v) is 17.6. The first-order valence-corrected chi connectivity index (χ1v) is 23.8. The minimum absolute atomic E-state index is 1.06. The highest BCUT2D eigenvalue weighted by atomic mass is 15.1. The van der Waals surface area contributed by atoms with E-state index in [2.05, 4.69) is 290 Å². The summed E-state index contributed by atoms with van der Waals surface area (Å²) >= 11 is 0. The van der Waals surface area contributed by atoms with Crippen molar-refractivity contribution in [1.82, 2.24) is 0 Å². The third-order valence-corrected chi connectivity index (χ3v) is 13.5. The second kappa shape index (κ2) is 18.3. The minimum Gasteiger partial charge on any atom is -0.309 e. The van der Waals surface area contributed by atoms with Gasteiger partial charge in [-0.2, -0.15) is 0 Å². The van der Waals surface area contributed by atoms with E-state index in [1.807, 2.05) is 0 Å². The first-order chi connectivity index (χ1) is 34.3. The summed E-state index contributed by atoms with van der Waals surface area (Å²) in [5.74, 6) is 0. The SMILES string of the molecule is c1ccc(-c2ccc(-c3ccc(N(c4ccc5c(c4)c(-c4ccccc4)c(-c4ccccc4)c4ccccc45)c4c(-c5ccccc5)cccc4-c4ccccc4)cc3)c(-c3ccccc3)c2)cc1. The summed E-state index contributed by atoms with van der Waals surface area (Å²) in [6, 6.07) is 104. The van der Waals surface area contributed by atoms with Gasteiger partial charge in [-0.15, -0.1) is 0 Å². The van der Waals surface area contributed by atoms with Crippen LogP contribution in [0.3, 0.4) is 0 Å². The van der Waals surface area contributed by atoms with E-state index in [4.69, 9.17) is 0 Å². The van der Waals surface area contributed by atoms with Gasteiger partial charge in [-0.3, -0.25) is 0 Å². The van der Waals surface area contributed by atoms with Crippen LogP contribution in [0.4, 0.5) is 17.1 Å². The summed E-state index contributed by atoms with van der Waals surface area (Å²) in [5.41, 5.74) is 19.8. The molecule has 0 radical (unpaired) electrons. The number of anilines is 3. The van der Waals surface area contributed by atoms with Crippen LogP contribution in [0.25, 0.3) is 99.4 Å². The Balaban J connectivity index is 1.13. The molecule has 69 heavy (non-hydrogen) atoms. The molecule has 0 atom stereocenters. The van der Waals surface area contributed by atoms with Crippen LogP contribution >= 0.6 is 0 Å². The van der Waals surface area contributed by atoms with Crippen molar-refractivity contribution in [2.75, 3.05) is 4.90 Å². The summed E-state index contributed by atoms with van der Waals surface area (Å²) in [4.78, 5) is 2.50. The summed E-state index contributed by atoms with van der Waals surface area (Å²) < 4.78 is 0. The Morgan fingerprint density at radius 3 is 1.12 bits per heavy atom. The number of hydrogen-bond acceptors (Lipinski definition) is 1. The van der Waals surface area contributed by atoms with Gasteiger partial charge >= 0.3 is 0 Å². The summed E-state index contributed by atoms with van der Waals surface area (Å²) in [6.45, 7) is 0. The highest BCUT2D eigenvalue weighted by Crippen LogP contribution is 2.50. The van der Waals surface area contributed by atoms with Crippen LogP contribution in [-0.2, 0) is 0 Å². The zero-order valence-electron chi connectivity index (χ0n) is 38.1. The lowest BCUT2D eigenvalue weighted by Crippen LogP contribution is -2.13. The maximum Gasteiger partial charge on any atom is 0.0618 e. The maximum absolute atomic E-state index is 2.50. The predicted octanol–water partition coefficient (Wildman–Crippen LogP) is 19.1. The molecule has 0 unspecified atom stereocenters. The van der Waals surface area contributed by atoms with E-state index < -0.39 is 0 Å². The highest BCUT2D eigenvalue weighted by molar-refractivity contribution is 6.22.